The van der Waals surface area contributed by atoms with Crippen LogP contribution in [0.3, 0.4) is 0 Å². The SMILES string of the molecule is CCOC(=O)/C=C(\C)N[C@@H](CCC(=O)O)C(=O)O.[H-].[Na+]. The van der Waals surface area contributed by atoms with Gasteiger partial charge in [-0.3, -0.25) is 4.79 Å². The van der Waals surface area contributed by atoms with Gasteiger partial charge in [-0.25, -0.2) is 9.59 Å². The fourth-order valence-electron chi connectivity index (χ4n) is 1.20. The van der Waals surface area contributed by atoms with Crippen molar-refractivity contribution in [2.24, 2.45) is 0 Å². The Morgan fingerprint density at radius 2 is 1.95 bits per heavy atom. The molecule has 0 fully saturated rings. The van der Waals surface area contributed by atoms with Crippen LogP contribution in [0.25, 0.3) is 0 Å². The van der Waals surface area contributed by atoms with Gasteiger partial charge in [0.05, 0.1) is 6.61 Å². The Bertz CT molecular complexity index is 361. The van der Waals surface area contributed by atoms with E-state index in [0.717, 1.165) is 6.08 Å². The van der Waals surface area contributed by atoms with E-state index in [9.17, 15) is 14.4 Å². The molecule has 0 aromatic carbocycles. The molecule has 1 atom stereocenters. The number of nitrogens with one attached hydrogen (secondary N) is 1. The molecule has 3 N–H and O–H groups in total. The molecule has 0 heterocycles. The van der Waals surface area contributed by atoms with E-state index in [-0.39, 0.29) is 50.4 Å². The Morgan fingerprint density at radius 3 is 2.37 bits per heavy atom. The minimum atomic E-state index is -1.17. The minimum absolute atomic E-state index is 0. The zero-order valence-corrected chi connectivity index (χ0v) is 13.3. The van der Waals surface area contributed by atoms with Crippen molar-refractivity contribution in [1.82, 2.24) is 5.32 Å². The fraction of sp³-hybridized carbons (Fsp3) is 0.545. The first-order valence-electron chi connectivity index (χ1n) is 5.43. The van der Waals surface area contributed by atoms with Crippen molar-refractivity contribution in [3.63, 3.8) is 0 Å². The molecule has 7 nitrogen and oxygen atoms in total. The number of carbonyl (C=O) groups excluding carboxylic acids is 1. The average Bonchev–Trinajstić information content (AvgIpc) is 2.23. The van der Waals surface area contributed by atoms with Crippen LogP contribution in [0.15, 0.2) is 11.8 Å². The first kappa shape index (κ1) is 20.3. The van der Waals surface area contributed by atoms with Gasteiger partial charge >= 0.3 is 47.5 Å². The first-order valence-corrected chi connectivity index (χ1v) is 5.43. The van der Waals surface area contributed by atoms with Crippen LogP contribution in [-0.2, 0) is 19.1 Å². The van der Waals surface area contributed by atoms with Crippen molar-refractivity contribution >= 4 is 17.9 Å². The smallest absolute Gasteiger partial charge is 1.00 e. The van der Waals surface area contributed by atoms with Crippen LogP contribution < -0.4 is 34.9 Å². The number of carboxylic acids is 2. The maximum Gasteiger partial charge on any atom is 1.00 e. The first-order chi connectivity index (χ1) is 8.36. The predicted molar refractivity (Wildman–Crippen MR) is 62.9 cm³/mol. The van der Waals surface area contributed by atoms with Gasteiger partial charge < -0.3 is 21.7 Å². The Kier molecular flexibility index (Phi) is 11.6. The monoisotopic (exact) mass is 283 g/mol. The van der Waals surface area contributed by atoms with Gasteiger partial charge in [-0.1, -0.05) is 0 Å². The molecule has 0 aromatic rings. The number of ether oxygens (including phenoxy) is 1. The molecule has 0 saturated carbocycles. The Morgan fingerprint density at radius 1 is 1.37 bits per heavy atom. The van der Waals surface area contributed by atoms with Crippen LogP contribution in [0.1, 0.15) is 28.1 Å². The zero-order valence-electron chi connectivity index (χ0n) is 12.3. The van der Waals surface area contributed by atoms with Gasteiger partial charge in [0.2, 0.25) is 0 Å². The van der Waals surface area contributed by atoms with Gasteiger partial charge in [0.15, 0.2) is 0 Å². The van der Waals surface area contributed by atoms with Gasteiger partial charge in [0.25, 0.3) is 0 Å². The average molecular weight is 283 g/mol. The summed E-state index contributed by atoms with van der Waals surface area (Å²) >= 11 is 0. The number of carboxylic acid groups (broad SMARTS) is 2. The van der Waals surface area contributed by atoms with Crippen molar-refractivity contribution in [1.29, 1.82) is 0 Å². The third-order valence-electron chi connectivity index (χ3n) is 1.97. The van der Waals surface area contributed by atoms with E-state index in [1.165, 1.54) is 6.92 Å². The Hall–Kier alpha value is -1.05. The standard InChI is InChI=1S/C11H17NO6.Na.H/c1-3-18-10(15)6-7(2)12-8(11(16)17)4-5-9(13)14;;/h6,8,12H,3-5H2,1-2H3,(H,13,14)(H,16,17);;/q;+1;-1/b7-6+;;/t8-;;/m0../s1. The van der Waals surface area contributed by atoms with E-state index >= 15 is 0 Å². The van der Waals surface area contributed by atoms with Gasteiger partial charge in [0.1, 0.15) is 6.04 Å². The summed E-state index contributed by atoms with van der Waals surface area (Å²) in [6.07, 6.45) is 0.787. The maximum absolute atomic E-state index is 11.1. The van der Waals surface area contributed by atoms with Crippen molar-refractivity contribution in [3.05, 3.63) is 11.8 Å². The molecule has 104 valence electrons. The largest absolute Gasteiger partial charge is 1.00 e. The van der Waals surface area contributed by atoms with Gasteiger partial charge in [-0.15, -0.1) is 0 Å². The van der Waals surface area contributed by atoms with Crippen LogP contribution in [0.4, 0.5) is 0 Å². The van der Waals surface area contributed by atoms with E-state index in [1.807, 2.05) is 0 Å². The summed E-state index contributed by atoms with van der Waals surface area (Å²) in [6.45, 7) is 3.39. The summed E-state index contributed by atoms with van der Waals surface area (Å²) in [7, 11) is 0. The van der Waals surface area contributed by atoms with E-state index in [4.69, 9.17) is 10.2 Å². The predicted octanol–water partition coefficient (Wildman–Crippen LogP) is -2.52. The summed E-state index contributed by atoms with van der Waals surface area (Å²) in [5.74, 6) is -2.83. The molecule has 0 saturated heterocycles. The number of carbonyl (C=O) groups is 3. The molecule has 0 aliphatic rings. The summed E-state index contributed by atoms with van der Waals surface area (Å²) in [5.41, 5.74) is 0.311. The van der Waals surface area contributed by atoms with Crippen LogP contribution in [0.5, 0.6) is 0 Å². The fourth-order valence-corrected chi connectivity index (χ4v) is 1.20. The summed E-state index contributed by atoms with van der Waals surface area (Å²) in [4.78, 5) is 32.3. The quantitative estimate of drug-likeness (QED) is 0.256. The molecular weight excluding hydrogens is 265 g/mol. The molecule has 0 aliphatic carbocycles. The van der Waals surface area contributed by atoms with Crippen LogP contribution >= 0.6 is 0 Å². The van der Waals surface area contributed by atoms with Crippen molar-refractivity contribution in [2.45, 2.75) is 32.7 Å². The molecule has 0 unspecified atom stereocenters. The minimum Gasteiger partial charge on any atom is -1.00 e. The molecule has 0 radical (unpaired) electrons. The van der Waals surface area contributed by atoms with Crippen molar-refractivity contribution in [3.8, 4) is 0 Å². The van der Waals surface area contributed by atoms with Crippen molar-refractivity contribution < 1.29 is 60.3 Å². The second kappa shape index (κ2) is 10.8. The van der Waals surface area contributed by atoms with E-state index in [1.54, 1.807) is 6.92 Å². The molecule has 0 aromatic heterocycles. The topological polar surface area (TPSA) is 113 Å². The molecule has 19 heavy (non-hydrogen) atoms. The second-order valence-electron chi connectivity index (χ2n) is 3.55. The molecule has 0 aliphatic heterocycles. The number of allylic oxidation sites excluding steroid dienone is 1. The molecule has 0 rings (SSSR count). The summed E-state index contributed by atoms with van der Waals surface area (Å²) in [5, 5.41) is 19.9. The second-order valence-corrected chi connectivity index (χ2v) is 3.55. The van der Waals surface area contributed by atoms with Crippen LogP contribution in [0.2, 0.25) is 0 Å². The number of aliphatic carboxylic acids is 2. The normalized spacial score (nSPS) is 12.0. The molecular formula is C11H18NNaO6. The third-order valence-corrected chi connectivity index (χ3v) is 1.97. The van der Waals surface area contributed by atoms with E-state index in [2.05, 4.69) is 10.1 Å². The number of esters is 1. The van der Waals surface area contributed by atoms with Crippen molar-refractivity contribution in [2.75, 3.05) is 6.61 Å². The molecule has 0 amide bonds. The zero-order chi connectivity index (χ0) is 14.1. The van der Waals surface area contributed by atoms with Gasteiger partial charge in [-0.05, 0) is 20.3 Å². The van der Waals surface area contributed by atoms with E-state index in [0.29, 0.717) is 5.70 Å². The third kappa shape index (κ3) is 10.5. The van der Waals surface area contributed by atoms with E-state index < -0.39 is 23.9 Å². The summed E-state index contributed by atoms with van der Waals surface area (Å²) in [6, 6.07) is -1.05. The Balaban J connectivity index is -0.00000144. The van der Waals surface area contributed by atoms with Gasteiger partial charge in [0, 0.05) is 18.2 Å². The number of hydrogen-bond donors (Lipinski definition) is 3. The van der Waals surface area contributed by atoms with Gasteiger partial charge in [-0.2, -0.15) is 0 Å². The summed E-state index contributed by atoms with van der Waals surface area (Å²) < 4.78 is 4.66. The number of hydrogen-bond acceptors (Lipinski definition) is 5. The number of rotatable bonds is 8. The molecule has 8 heteroatoms. The molecule has 0 bridgehead atoms. The van der Waals surface area contributed by atoms with Crippen LogP contribution in [0, 0.1) is 0 Å². The molecule has 0 spiro atoms. The Labute approximate surface area is 134 Å². The maximum atomic E-state index is 11.1. The van der Waals surface area contributed by atoms with Crippen LogP contribution in [-0.4, -0.2) is 40.8 Å².